The first-order chi connectivity index (χ1) is 10.0. The number of ether oxygens (including phenoxy) is 3. The van der Waals surface area contributed by atoms with Crippen LogP contribution in [0.3, 0.4) is 0 Å². The SMILES string of the molecule is O=S(=O)(O)c1cccc(OCC2COc3cscc3O2)c1. The molecule has 0 aliphatic carbocycles. The van der Waals surface area contributed by atoms with Crippen molar-refractivity contribution in [1.29, 1.82) is 0 Å². The molecule has 0 saturated heterocycles. The molecule has 1 atom stereocenters. The van der Waals surface area contributed by atoms with Gasteiger partial charge in [-0.25, -0.2) is 0 Å². The monoisotopic (exact) mass is 328 g/mol. The Morgan fingerprint density at radius 1 is 1.33 bits per heavy atom. The third kappa shape index (κ3) is 3.29. The maximum Gasteiger partial charge on any atom is 0.294 e. The molecule has 0 saturated carbocycles. The zero-order chi connectivity index (χ0) is 14.9. The molecule has 112 valence electrons. The van der Waals surface area contributed by atoms with E-state index in [0.717, 1.165) is 5.75 Å². The van der Waals surface area contributed by atoms with Gasteiger partial charge in [0.25, 0.3) is 10.1 Å². The first-order valence-corrected chi connectivity index (χ1v) is 8.46. The van der Waals surface area contributed by atoms with E-state index in [2.05, 4.69) is 0 Å². The molecule has 1 aliphatic heterocycles. The molecule has 3 rings (SSSR count). The number of benzene rings is 1. The van der Waals surface area contributed by atoms with Crippen LogP contribution in [0, 0.1) is 0 Å². The van der Waals surface area contributed by atoms with Gasteiger partial charge in [0.15, 0.2) is 17.6 Å². The van der Waals surface area contributed by atoms with Gasteiger partial charge >= 0.3 is 0 Å². The van der Waals surface area contributed by atoms with Crippen molar-refractivity contribution in [2.75, 3.05) is 13.2 Å². The molecule has 1 aromatic heterocycles. The molecule has 2 heterocycles. The van der Waals surface area contributed by atoms with Crippen molar-refractivity contribution in [1.82, 2.24) is 0 Å². The fraction of sp³-hybridized carbons (Fsp3) is 0.231. The number of thiophene rings is 1. The third-order valence-corrected chi connectivity index (χ3v) is 4.40. The summed E-state index contributed by atoms with van der Waals surface area (Å²) >= 11 is 1.49. The molecule has 0 bridgehead atoms. The van der Waals surface area contributed by atoms with E-state index >= 15 is 0 Å². The quantitative estimate of drug-likeness (QED) is 0.867. The highest BCUT2D eigenvalue weighted by Gasteiger charge is 2.22. The molecule has 1 unspecified atom stereocenters. The van der Waals surface area contributed by atoms with Crippen LogP contribution in [0.1, 0.15) is 0 Å². The standard InChI is InChI=1S/C13H12O6S2/c14-21(15,16)11-3-1-2-9(4-11)17-5-10-6-18-12-7-20-8-13(12)19-10/h1-4,7-8,10H,5-6H2,(H,14,15,16). The van der Waals surface area contributed by atoms with E-state index in [1.165, 1.54) is 29.5 Å². The van der Waals surface area contributed by atoms with Gasteiger partial charge in [-0.05, 0) is 12.1 Å². The van der Waals surface area contributed by atoms with Gasteiger partial charge in [-0.1, -0.05) is 6.07 Å². The number of rotatable bonds is 4. The van der Waals surface area contributed by atoms with Crippen LogP contribution in [-0.4, -0.2) is 32.3 Å². The second-order valence-corrected chi connectivity index (χ2v) is 6.58. The van der Waals surface area contributed by atoms with Crippen molar-refractivity contribution in [2.24, 2.45) is 0 Å². The second-order valence-electron chi connectivity index (χ2n) is 4.41. The lowest BCUT2D eigenvalue weighted by atomic mass is 10.3. The van der Waals surface area contributed by atoms with Gasteiger partial charge < -0.3 is 14.2 Å². The normalized spacial score (nSPS) is 17.5. The average molecular weight is 328 g/mol. The molecule has 0 fully saturated rings. The summed E-state index contributed by atoms with van der Waals surface area (Å²) in [7, 11) is -4.24. The van der Waals surface area contributed by atoms with Crippen LogP contribution >= 0.6 is 11.3 Å². The van der Waals surface area contributed by atoms with Gasteiger partial charge in [-0.15, -0.1) is 11.3 Å². The molecular weight excluding hydrogens is 316 g/mol. The van der Waals surface area contributed by atoms with Crippen molar-refractivity contribution in [3.63, 3.8) is 0 Å². The number of hydrogen-bond acceptors (Lipinski definition) is 6. The highest BCUT2D eigenvalue weighted by molar-refractivity contribution is 7.85. The molecular formula is C13H12O6S2. The number of hydrogen-bond donors (Lipinski definition) is 1. The Morgan fingerprint density at radius 3 is 2.95 bits per heavy atom. The summed E-state index contributed by atoms with van der Waals surface area (Å²) in [6, 6.07) is 5.65. The Morgan fingerprint density at radius 2 is 2.14 bits per heavy atom. The molecule has 2 aromatic rings. The molecule has 1 aromatic carbocycles. The highest BCUT2D eigenvalue weighted by atomic mass is 32.2. The molecule has 1 N–H and O–H groups in total. The first-order valence-electron chi connectivity index (χ1n) is 6.08. The summed E-state index contributed by atoms with van der Waals surface area (Å²) in [6.07, 6.45) is -0.276. The van der Waals surface area contributed by atoms with Gasteiger partial charge in [0.05, 0.1) is 4.90 Å². The minimum Gasteiger partial charge on any atom is -0.490 e. The summed E-state index contributed by atoms with van der Waals surface area (Å²) in [5, 5.41) is 3.71. The van der Waals surface area contributed by atoms with E-state index in [-0.39, 0.29) is 17.6 Å². The van der Waals surface area contributed by atoms with Crippen molar-refractivity contribution in [3.8, 4) is 17.2 Å². The summed E-state index contributed by atoms with van der Waals surface area (Å²) in [5.41, 5.74) is 0. The predicted molar refractivity (Wildman–Crippen MR) is 76.0 cm³/mol. The van der Waals surface area contributed by atoms with Crippen molar-refractivity contribution in [3.05, 3.63) is 35.0 Å². The molecule has 1 aliphatic rings. The summed E-state index contributed by atoms with van der Waals surface area (Å²) in [6.45, 7) is 0.575. The molecule has 0 spiro atoms. The lowest BCUT2D eigenvalue weighted by molar-refractivity contribution is 0.0545. The molecule has 0 radical (unpaired) electrons. The maximum atomic E-state index is 11.1. The second kappa shape index (κ2) is 5.55. The molecule has 8 heteroatoms. The van der Waals surface area contributed by atoms with Crippen molar-refractivity contribution < 1.29 is 27.2 Å². The summed E-state index contributed by atoms with van der Waals surface area (Å²) < 4.78 is 47.8. The van der Waals surface area contributed by atoms with Gasteiger partial charge in [-0.3, -0.25) is 4.55 Å². The minimum absolute atomic E-state index is 0.207. The molecule has 21 heavy (non-hydrogen) atoms. The van der Waals surface area contributed by atoms with Gasteiger partial charge in [0, 0.05) is 16.8 Å². The lowest BCUT2D eigenvalue weighted by Crippen LogP contribution is -2.34. The van der Waals surface area contributed by atoms with E-state index in [0.29, 0.717) is 18.1 Å². The Hall–Kier alpha value is -1.77. The summed E-state index contributed by atoms with van der Waals surface area (Å²) in [4.78, 5) is -0.207. The lowest BCUT2D eigenvalue weighted by Gasteiger charge is -2.24. The Balaban J connectivity index is 1.64. The van der Waals surface area contributed by atoms with E-state index in [1.807, 2.05) is 10.8 Å². The van der Waals surface area contributed by atoms with Crippen LogP contribution in [0.4, 0.5) is 0 Å². The van der Waals surface area contributed by atoms with Crippen molar-refractivity contribution >= 4 is 21.5 Å². The van der Waals surface area contributed by atoms with E-state index in [9.17, 15) is 8.42 Å². The van der Waals surface area contributed by atoms with Crippen LogP contribution in [0.2, 0.25) is 0 Å². The largest absolute Gasteiger partial charge is 0.490 e. The van der Waals surface area contributed by atoms with Crippen LogP contribution in [0.15, 0.2) is 39.9 Å². The number of fused-ring (bicyclic) bond motifs is 1. The minimum atomic E-state index is -4.24. The first kappa shape index (κ1) is 14.2. The maximum absolute atomic E-state index is 11.1. The average Bonchev–Trinajstić information content (AvgIpc) is 2.92. The van der Waals surface area contributed by atoms with Crippen LogP contribution in [-0.2, 0) is 10.1 Å². The molecule has 6 nitrogen and oxygen atoms in total. The predicted octanol–water partition coefficient (Wildman–Crippen LogP) is 2.21. The zero-order valence-electron chi connectivity index (χ0n) is 10.8. The smallest absolute Gasteiger partial charge is 0.294 e. The highest BCUT2D eigenvalue weighted by Crippen LogP contribution is 2.35. The van der Waals surface area contributed by atoms with Gasteiger partial charge in [0.1, 0.15) is 19.0 Å². The Kier molecular flexibility index (Phi) is 3.75. The topological polar surface area (TPSA) is 82.1 Å². The van der Waals surface area contributed by atoms with Gasteiger partial charge in [-0.2, -0.15) is 8.42 Å². The van der Waals surface area contributed by atoms with Crippen LogP contribution in [0.5, 0.6) is 17.2 Å². The van der Waals surface area contributed by atoms with Crippen LogP contribution in [0.25, 0.3) is 0 Å². The molecule has 0 amide bonds. The van der Waals surface area contributed by atoms with Crippen LogP contribution < -0.4 is 14.2 Å². The van der Waals surface area contributed by atoms with Crippen molar-refractivity contribution in [2.45, 2.75) is 11.0 Å². The third-order valence-electron chi connectivity index (χ3n) is 2.85. The van der Waals surface area contributed by atoms with Gasteiger partial charge in [0.2, 0.25) is 0 Å². The fourth-order valence-electron chi connectivity index (χ4n) is 1.86. The summed E-state index contributed by atoms with van der Waals surface area (Å²) in [5.74, 6) is 1.75. The Bertz CT molecular complexity index is 737. The Labute approximate surface area is 125 Å². The van der Waals surface area contributed by atoms with E-state index in [1.54, 1.807) is 6.07 Å². The van der Waals surface area contributed by atoms with E-state index in [4.69, 9.17) is 18.8 Å². The van der Waals surface area contributed by atoms with E-state index < -0.39 is 10.1 Å². The zero-order valence-corrected chi connectivity index (χ0v) is 12.4. The fourth-order valence-corrected chi connectivity index (χ4v) is 3.04.